The molecule has 1 rings (SSSR count). The Kier molecular flexibility index (Phi) is 2.34. The largest absolute Gasteiger partial charge is 0.508 e. The summed E-state index contributed by atoms with van der Waals surface area (Å²) in [6.45, 7) is -0.0315. The van der Waals surface area contributed by atoms with Crippen LogP contribution in [0, 0.1) is 0 Å². The molecule has 2 atom stereocenters. The molecule has 0 aromatic heterocycles. The van der Waals surface area contributed by atoms with Gasteiger partial charge in [0.1, 0.15) is 18.8 Å². The van der Waals surface area contributed by atoms with Gasteiger partial charge in [-0.05, 0) is 0 Å². The van der Waals surface area contributed by atoms with Gasteiger partial charge in [-0.15, -0.1) is 11.6 Å². The summed E-state index contributed by atoms with van der Waals surface area (Å²) in [6, 6.07) is 0. The van der Waals surface area contributed by atoms with Crippen LogP contribution >= 0.6 is 11.6 Å². The van der Waals surface area contributed by atoms with E-state index >= 15 is 0 Å². The van der Waals surface area contributed by atoms with Crippen molar-refractivity contribution in [1.29, 1.82) is 0 Å². The van der Waals surface area contributed by atoms with E-state index in [1.165, 1.54) is 0 Å². The molecule has 1 aliphatic rings. The molecule has 1 aliphatic heterocycles. The molecule has 0 bridgehead atoms. The molecule has 0 amide bonds. The molecule has 4 nitrogen and oxygen atoms in total. The van der Waals surface area contributed by atoms with Crippen LogP contribution in [0.5, 0.6) is 0 Å². The normalized spacial score (nSPS) is 32.8. The quantitative estimate of drug-likeness (QED) is 0.444. The molecule has 58 valence electrons. The van der Waals surface area contributed by atoms with E-state index in [2.05, 4.69) is 9.47 Å². The van der Waals surface area contributed by atoms with E-state index in [1.807, 2.05) is 0 Å². The zero-order chi connectivity index (χ0) is 7.56. The number of cyclic esters (lactones) is 2. The predicted octanol–water partition coefficient (Wildman–Crippen LogP) is 0.121. The molecule has 0 aromatic carbocycles. The van der Waals surface area contributed by atoms with Gasteiger partial charge >= 0.3 is 6.16 Å². The highest BCUT2D eigenvalue weighted by atomic mass is 35.5. The van der Waals surface area contributed by atoms with Gasteiger partial charge in [-0.3, -0.25) is 0 Å². The van der Waals surface area contributed by atoms with Crippen molar-refractivity contribution in [1.82, 2.24) is 0 Å². The molecule has 1 saturated heterocycles. The monoisotopic (exact) mass is 166 g/mol. The molecule has 5 heteroatoms. The number of alkyl halides is 1. The van der Waals surface area contributed by atoms with Gasteiger partial charge in [0.25, 0.3) is 0 Å². The maximum absolute atomic E-state index is 10.4. The second kappa shape index (κ2) is 3.07. The Morgan fingerprint density at radius 2 is 2.50 bits per heavy atom. The standard InChI is InChI=1S/C5H7ClO4/c6-1-4-3(7)2-9-5(8)10-4/h3-4,7H,1-2H2. The highest BCUT2D eigenvalue weighted by molar-refractivity contribution is 6.18. The Bertz CT molecular complexity index is 138. The molecule has 1 N–H and O–H groups in total. The van der Waals surface area contributed by atoms with Gasteiger partial charge < -0.3 is 14.6 Å². The minimum Gasteiger partial charge on any atom is -0.431 e. The fourth-order valence-electron chi connectivity index (χ4n) is 0.631. The van der Waals surface area contributed by atoms with Crippen molar-refractivity contribution in [2.45, 2.75) is 12.2 Å². The van der Waals surface area contributed by atoms with Gasteiger partial charge in [0.05, 0.1) is 5.88 Å². The second-order valence-electron chi connectivity index (χ2n) is 1.94. The SMILES string of the molecule is O=C1OCC(O)C(CCl)O1. The maximum Gasteiger partial charge on any atom is 0.508 e. The minimum atomic E-state index is -0.796. The van der Waals surface area contributed by atoms with Crippen LogP contribution in [0.15, 0.2) is 0 Å². The van der Waals surface area contributed by atoms with Crippen LogP contribution in [-0.4, -0.2) is 36.0 Å². The van der Waals surface area contributed by atoms with Crippen molar-refractivity contribution in [2.24, 2.45) is 0 Å². The van der Waals surface area contributed by atoms with E-state index in [9.17, 15) is 4.79 Å². The van der Waals surface area contributed by atoms with E-state index in [1.54, 1.807) is 0 Å². The van der Waals surface area contributed by atoms with Gasteiger partial charge in [-0.25, -0.2) is 4.79 Å². The number of ether oxygens (including phenoxy) is 2. The highest BCUT2D eigenvalue weighted by Crippen LogP contribution is 2.10. The Morgan fingerprint density at radius 1 is 1.80 bits per heavy atom. The minimum absolute atomic E-state index is 0.0315. The Hall–Kier alpha value is -0.480. The summed E-state index contributed by atoms with van der Waals surface area (Å²) in [7, 11) is 0. The zero-order valence-corrected chi connectivity index (χ0v) is 5.87. The van der Waals surface area contributed by atoms with Gasteiger partial charge in [0.2, 0.25) is 0 Å². The molecule has 0 spiro atoms. The molecular formula is C5H7ClO4. The molecule has 10 heavy (non-hydrogen) atoms. The maximum atomic E-state index is 10.4. The number of carbonyl (C=O) groups excluding carboxylic acids is 1. The Morgan fingerprint density at radius 3 is 3.00 bits per heavy atom. The fourth-order valence-corrected chi connectivity index (χ4v) is 0.900. The number of carbonyl (C=O) groups is 1. The molecule has 0 aromatic rings. The molecule has 1 fully saturated rings. The van der Waals surface area contributed by atoms with Crippen LogP contribution in [0.2, 0.25) is 0 Å². The van der Waals surface area contributed by atoms with E-state index in [-0.39, 0.29) is 12.5 Å². The van der Waals surface area contributed by atoms with Crippen LogP contribution in [0.3, 0.4) is 0 Å². The fraction of sp³-hybridized carbons (Fsp3) is 0.800. The van der Waals surface area contributed by atoms with E-state index in [4.69, 9.17) is 16.7 Å². The number of rotatable bonds is 1. The first-order chi connectivity index (χ1) is 4.74. The van der Waals surface area contributed by atoms with Crippen LogP contribution < -0.4 is 0 Å². The van der Waals surface area contributed by atoms with Crippen molar-refractivity contribution in [3.8, 4) is 0 Å². The smallest absolute Gasteiger partial charge is 0.431 e. The lowest BCUT2D eigenvalue weighted by Crippen LogP contribution is -2.41. The molecule has 0 aliphatic carbocycles. The molecular weight excluding hydrogens is 160 g/mol. The van der Waals surface area contributed by atoms with Crippen LogP contribution in [0.1, 0.15) is 0 Å². The summed E-state index contributed by atoms with van der Waals surface area (Å²) in [5.41, 5.74) is 0. The molecule has 0 radical (unpaired) electrons. The lowest BCUT2D eigenvalue weighted by Gasteiger charge is -2.25. The van der Waals surface area contributed by atoms with Crippen LogP contribution in [-0.2, 0) is 9.47 Å². The van der Waals surface area contributed by atoms with Gasteiger partial charge in [-0.1, -0.05) is 0 Å². The topological polar surface area (TPSA) is 55.8 Å². The molecule has 2 unspecified atom stereocenters. The number of aliphatic hydroxyl groups excluding tert-OH is 1. The second-order valence-corrected chi connectivity index (χ2v) is 2.25. The Labute approximate surface area is 62.7 Å². The Balaban J connectivity index is 2.45. The highest BCUT2D eigenvalue weighted by Gasteiger charge is 2.29. The first-order valence-corrected chi connectivity index (χ1v) is 3.35. The summed E-state index contributed by atoms with van der Waals surface area (Å²) in [6.07, 6.45) is -2.19. The van der Waals surface area contributed by atoms with E-state index in [0.717, 1.165) is 0 Å². The first kappa shape index (κ1) is 7.63. The van der Waals surface area contributed by atoms with Gasteiger partial charge in [-0.2, -0.15) is 0 Å². The van der Waals surface area contributed by atoms with E-state index in [0.29, 0.717) is 0 Å². The molecule has 0 saturated carbocycles. The first-order valence-electron chi connectivity index (χ1n) is 2.81. The number of hydrogen-bond donors (Lipinski definition) is 1. The summed E-state index contributed by atoms with van der Waals surface area (Å²) < 4.78 is 8.86. The number of aliphatic hydroxyl groups is 1. The average Bonchev–Trinajstić information content (AvgIpc) is 1.94. The molecule has 1 heterocycles. The summed E-state index contributed by atoms with van der Waals surface area (Å²) in [5, 5.41) is 9.00. The number of hydrogen-bond acceptors (Lipinski definition) is 4. The van der Waals surface area contributed by atoms with Crippen molar-refractivity contribution in [3.05, 3.63) is 0 Å². The summed E-state index contributed by atoms with van der Waals surface area (Å²) in [5.74, 6) is 0.0935. The van der Waals surface area contributed by atoms with Crippen molar-refractivity contribution in [3.63, 3.8) is 0 Å². The third kappa shape index (κ3) is 1.52. The van der Waals surface area contributed by atoms with Crippen molar-refractivity contribution >= 4 is 17.8 Å². The predicted molar refractivity (Wildman–Crippen MR) is 32.9 cm³/mol. The third-order valence-electron chi connectivity index (χ3n) is 1.20. The summed E-state index contributed by atoms with van der Waals surface area (Å²) in [4.78, 5) is 10.4. The van der Waals surface area contributed by atoms with Crippen molar-refractivity contribution in [2.75, 3.05) is 12.5 Å². The zero-order valence-electron chi connectivity index (χ0n) is 5.12. The third-order valence-corrected chi connectivity index (χ3v) is 1.50. The van der Waals surface area contributed by atoms with Crippen molar-refractivity contribution < 1.29 is 19.4 Å². The van der Waals surface area contributed by atoms with Gasteiger partial charge in [0.15, 0.2) is 0 Å². The van der Waals surface area contributed by atoms with Crippen LogP contribution in [0.25, 0.3) is 0 Å². The number of halogens is 1. The average molecular weight is 167 g/mol. The van der Waals surface area contributed by atoms with Crippen LogP contribution in [0.4, 0.5) is 4.79 Å². The lowest BCUT2D eigenvalue weighted by molar-refractivity contribution is -0.0894. The lowest BCUT2D eigenvalue weighted by atomic mass is 10.2. The summed E-state index contributed by atoms with van der Waals surface area (Å²) >= 11 is 5.35. The van der Waals surface area contributed by atoms with E-state index < -0.39 is 18.4 Å². The van der Waals surface area contributed by atoms with Gasteiger partial charge in [0, 0.05) is 0 Å².